The van der Waals surface area contributed by atoms with Crippen molar-refractivity contribution in [3.63, 3.8) is 0 Å². The Hall–Kier alpha value is -0.830. The van der Waals surface area contributed by atoms with Crippen molar-refractivity contribution in [1.82, 2.24) is 0 Å². The van der Waals surface area contributed by atoms with Crippen molar-refractivity contribution in [1.29, 1.82) is 0 Å². The summed E-state index contributed by atoms with van der Waals surface area (Å²) in [6.45, 7) is 2.54. The van der Waals surface area contributed by atoms with E-state index < -0.39 is 12.2 Å². The van der Waals surface area contributed by atoms with E-state index >= 15 is 0 Å². The number of hydrogen-bond acceptors (Lipinski definition) is 7. The topological polar surface area (TPSA) is 89.7 Å². The molecule has 0 aromatic heterocycles. The standard InChI is InChI=1S/C19H33NO6/c1-20-4-5-23-12-18(22)13-26-19(10-21)14-25-7-6-24-11-17-9-15-2-3-16(17)8-15/h2-4,15-19,21-22H,5-14H2,1H3/b20-4+. The summed E-state index contributed by atoms with van der Waals surface area (Å²) in [4.78, 5) is 3.78. The molecular formula is C19H33NO6. The van der Waals surface area contributed by atoms with Gasteiger partial charge in [-0.3, -0.25) is 4.99 Å². The lowest BCUT2D eigenvalue weighted by Crippen LogP contribution is -2.31. The predicted octanol–water partition coefficient (Wildman–Crippen LogP) is 0.687. The largest absolute Gasteiger partial charge is 0.394 e. The normalized spacial score (nSPS) is 26.8. The van der Waals surface area contributed by atoms with Gasteiger partial charge < -0.3 is 29.2 Å². The van der Waals surface area contributed by atoms with Crippen LogP contribution in [0.4, 0.5) is 0 Å². The SMILES string of the molecule is C/N=C/COCC(O)COC(CO)COCCOCC1CC2C=CC1C2. The molecule has 0 heterocycles. The second-order valence-electron chi connectivity index (χ2n) is 6.96. The molecule has 7 heteroatoms. The molecule has 2 rings (SSSR count). The Morgan fingerprint density at radius 1 is 1.12 bits per heavy atom. The minimum absolute atomic E-state index is 0.0894. The Kier molecular flexibility index (Phi) is 10.4. The third-order valence-electron chi connectivity index (χ3n) is 4.84. The molecule has 5 atom stereocenters. The van der Waals surface area contributed by atoms with Crippen LogP contribution in [-0.4, -0.2) is 88.5 Å². The molecule has 26 heavy (non-hydrogen) atoms. The summed E-state index contributed by atoms with van der Waals surface area (Å²) in [7, 11) is 1.66. The van der Waals surface area contributed by atoms with Gasteiger partial charge in [0.15, 0.2) is 0 Å². The van der Waals surface area contributed by atoms with E-state index in [1.807, 2.05) is 0 Å². The van der Waals surface area contributed by atoms with E-state index in [2.05, 4.69) is 17.1 Å². The molecule has 0 radical (unpaired) electrons. The monoisotopic (exact) mass is 371 g/mol. The van der Waals surface area contributed by atoms with Crippen molar-refractivity contribution >= 4 is 6.21 Å². The maximum absolute atomic E-state index is 9.74. The molecule has 1 fully saturated rings. The van der Waals surface area contributed by atoms with Gasteiger partial charge in [-0.25, -0.2) is 0 Å². The van der Waals surface area contributed by atoms with E-state index in [-0.39, 0.29) is 26.4 Å². The average molecular weight is 371 g/mol. The van der Waals surface area contributed by atoms with Crippen LogP contribution in [0.5, 0.6) is 0 Å². The van der Waals surface area contributed by atoms with Gasteiger partial charge in [-0.1, -0.05) is 12.2 Å². The van der Waals surface area contributed by atoms with E-state index in [0.717, 1.165) is 12.5 Å². The molecule has 2 N–H and O–H groups in total. The minimum atomic E-state index is -0.742. The molecule has 2 bridgehead atoms. The maximum Gasteiger partial charge on any atom is 0.104 e. The molecule has 2 aliphatic carbocycles. The quantitative estimate of drug-likeness (QED) is 0.250. The minimum Gasteiger partial charge on any atom is -0.394 e. The van der Waals surface area contributed by atoms with Crippen molar-refractivity contribution in [3.05, 3.63) is 12.2 Å². The highest BCUT2D eigenvalue weighted by Crippen LogP contribution is 2.43. The van der Waals surface area contributed by atoms with E-state index in [1.54, 1.807) is 13.3 Å². The second-order valence-corrected chi connectivity index (χ2v) is 6.96. The Bertz CT molecular complexity index is 430. The van der Waals surface area contributed by atoms with Crippen LogP contribution in [0.15, 0.2) is 17.1 Å². The maximum atomic E-state index is 9.74. The van der Waals surface area contributed by atoms with Crippen molar-refractivity contribution in [2.45, 2.75) is 25.0 Å². The summed E-state index contributed by atoms with van der Waals surface area (Å²) in [5.41, 5.74) is 0. The zero-order chi connectivity index (χ0) is 18.6. The molecule has 5 unspecified atom stereocenters. The second kappa shape index (κ2) is 12.5. The number of nitrogens with zero attached hydrogens (tertiary/aromatic N) is 1. The zero-order valence-corrected chi connectivity index (χ0v) is 15.7. The first-order valence-corrected chi connectivity index (χ1v) is 9.45. The summed E-state index contributed by atoms with van der Waals surface area (Å²) in [5.74, 6) is 2.14. The number of allylic oxidation sites excluding steroid dienone is 2. The summed E-state index contributed by atoms with van der Waals surface area (Å²) in [6, 6.07) is 0. The van der Waals surface area contributed by atoms with Gasteiger partial charge in [-0.15, -0.1) is 0 Å². The number of aliphatic hydroxyl groups excluding tert-OH is 2. The number of hydrogen-bond donors (Lipinski definition) is 2. The molecule has 1 saturated carbocycles. The van der Waals surface area contributed by atoms with Crippen LogP contribution in [0, 0.1) is 17.8 Å². The van der Waals surface area contributed by atoms with Crippen molar-refractivity contribution < 1.29 is 29.2 Å². The van der Waals surface area contributed by atoms with Gasteiger partial charge >= 0.3 is 0 Å². The van der Waals surface area contributed by atoms with Gasteiger partial charge in [0, 0.05) is 13.3 Å². The fourth-order valence-corrected chi connectivity index (χ4v) is 3.43. The average Bonchev–Trinajstić information content (AvgIpc) is 3.27. The number of ether oxygens (including phenoxy) is 4. The number of rotatable bonds is 15. The lowest BCUT2D eigenvalue weighted by atomic mass is 9.95. The molecule has 0 spiro atoms. The van der Waals surface area contributed by atoms with E-state index in [1.165, 1.54) is 12.8 Å². The lowest BCUT2D eigenvalue weighted by Gasteiger charge is -2.19. The van der Waals surface area contributed by atoms with E-state index in [9.17, 15) is 10.2 Å². The molecule has 0 amide bonds. The first-order chi connectivity index (χ1) is 12.7. The van der Waals surface area contributed by atoms with Crippen LogP contribution in [0.1, 0.15) is 12.8 Å². The van der Waals surface area contributed by atoms with Crippen LogP contribution < -0.4 is 0 Å². The zero-order valence-electron chi connectivity index (χ0n) is 15.7. The van der Waals surface area contributed by atoms with Gasteiger partial charge in [-0.2, -0.15) is 0 Å². The van der Waals surface area contributed by atoms with Crippen LogP contribution in [0.2, 0.25) is 0 Å². The van der Waals surface area contributed by atoms with Gasteiger partial charge in [-0.05, 0) is 30.6 Å². The first-order valence-electron chi connectivity index (χ1n) is 9.45. The van der Waals surface area contributed by atoms with E-state index in [4.69, 9.17) is 18.9 Å². The summed E-state index contributed by atoms with van der Waals surface area (Å²) in [6.07, 6.45) is 7.63. The molecule has 7 nitrogen and oxygen atoms in total. The van der Waals surface area contributed by atoms with Crippen LogP contribution in [-0.2, 0) is 18.9 Å². The smallest absolute Gasteiger partial charge is 0.104 e. The molecule has 0 aromatic carbocycles. The lowest BCUT2D eigenvalue weighted by molar-refractivity contribution is -0.0854. The third kappa shape index (κ3) is 7.82. The Balaban J connectivity index is 1.43. The van der Waals surface area contributed by atoms with Crippen molar-refractivity contribution in [3.8, 4) is 0 Å². The summed E-state index contributed by atoms with van der Waals surface area (Å²) >= 11 is 0. The molecule has 2 aliphatic rings. The Morgan fingerprint density at radius 3 is 2.65 bits per heavy atom. The highest BCUT2D eigenvalue weighted by atomic mass is 16.6. The Morgan fingerprint density at radius 2 is 1.96 bits per heavy atom. The molecule has 150 valence electrons. The van der Waals surface area contributed by atoms with Crippen molar-refractivity contribution in [2.75, 3.05) is 59.9 Å². The number of aliphatic hydroxyl groups is 2. The number of aliphatic imine (C=N–C) groups is 1. The first kappa shape index (κ1) is 21.5. The van der Waals surface area contributed by atoms with Crippen LogP contribution in [0.25, 0.3) is 0 Å². The molecular weight excluding hydrogens is 338 g/mol. The molecule has 0 saturated heterocycles. The molecule has 0 aromatic rings. The van der Waals surface area contributed by atoms with Crippen LogP contribution >= 0.6 is 0 Å². The van der Waals surface area contributed by atoms with Crippen LogP contribution in [0.3, 0.4) is 0 Å². The van der Waals surface area contributed by atoms with Gasteiger partial charge in [0.1, 0.15) is 12.2 Å². The highest BCUT2D eigenvalue weighted by Gasteiger charge is 2.35. The molecule has 0 aliphatic heterocycles. The van der Waals surface area contributed by atoms with Gasteiger partial charge in [0.25, 0.3) is 0 Å². The van der Waals surface area contributed by atoms with Crippen molar-refractivity contribution in [2.24, 2.45) is 22.7 Å². The predicted molar refractivity (Wildman–Crippen MR) is 98.5 cm³/mol. The fraction of sp³-hybridized carbons (Fsp3) is 0.842. The van der Waals surface area contributed by atoms with Gasteiger partial charge in [0.05, 0.1) is 52.9 Å². The van der Waals surface area contributed by atoms with Gasteiger partial charge in [0.2, 0.25) is 0 Å². The Labute approximate surface area is 156 Å². The van der Waals surface area contributed by atoms with E-state index in [0.29, 0.717) is 31.7 Å². The highest BCUT2D eigenvalue weighted by molar-refractivity contribution is 5.58. The summed E-state index contributed by atoms with van der Waals surface area (Å²) < 4.78 is 21.9. The fourth-order valence-electron chi connectivity index (χ4n) is 3.43. The summed E-state index contributed by atoms with van der Waals surface area (Å²) in [5, 5.41) is 19.1. The third-order valence-corrected chi connectivity index (χ3v) is 4.84. The number of fused-ring (bicyclic) bond motifs is 2.